The van der Waals surface area contributed by atoms with Crippen molar-refractivity contribution in [3.63, 3.8) is 0 Å². The van der Waals surface area contributed by atoms with Crippen molar-refractivity contribution in [3.8, 4) is 0 Å². The third-order valence-corrected chi connectivity index (χ3v) is 3.10. The van der Waals surface area contributed by atoms with E-state index in [0.717, 1.165) is 0 Å². The van der Waals surface area contributed by atoms with Crippen LogP contribution in [0.3, 0.4) is 0 Å². The maximum atomic E-state index is 8.48. The van der Waals surface area contributed by atoms with E-state index in [0.29, 0.717) is 72.7 Å². The summed E-state index contributed by atoms with van der Waals surface area (Å²) in [5.41, 5.74) is 0. The standard InChI is InChI=1S/C12H25IO7S/c13-21-20-12-11-19-10-9-18-8-7-17-6-5-16-4-3-15-2-1-14/h14H,1-12H2. The van der Waals surface area contributed by atoms with Gasteiger partial charge in [-0.3, -0.25) is 0 Å². The molecular weight excluding hydrogens is 415 g/mol. The Morgan fingerprint density at radius 3 is 1.24 bits per heavy atom. The third-order valence-electron chi connectivity index (χ3n) is 2.08. The molecule has 7 nitrogen and oxygen atoms in total. The van der Waals surface area contributed by atoms with Crippen molar-refractivity contribution in [2.75, 3.05) is 79.3 Å². The zero-order chi connectivity index (χ0) is 15.4. The van der Waals surface area contributed by atoms with Crippen molar-refractivity contribution in [1.82, 2.24) is 0 Å². The van der Waals surface area contributed by atoms with Gasteiger partial charge < -0.3 is 33.0 Å². The molecule has 9 heteroatoms. The molecule has 0 fully saturated rings. The molecule has 0 radical (unpaired) electrons. The van der Waals surface area contributed by atoms with Gasteiger partial charge in [0.05, 0.1) is 88.5 Å². The lowest BCUT2D eigenvalue weighted by Gasteiger charge is -2.07. The highest BCUT2D eigenvalue weighted by atomic mass is 127. The molecule has 0 bridgehead atoms. The lowest BCUT2D eigenvalue weighted by Crippen LogP contribution is -2.14. The number of hydrogen-bond acceptors (Lipinski definition) is 8. The van der Waals surface area contributed by atoms with Crippen LogP contribution in [0.2, 0.25) is 0 Å². The summed E-state index contributed by atoms with van der Waals surface area (Å²) >= 11 is 2.07. The second kappa shape index (κ2) is 20.8. The van der Waals surface area contributed by atoms with E-state index in [2.05, 4.69) is 21.2 Å². The largest absolute Gasteiger partial charge is 0.394 e. The Morgan fingerprint density at radius 1 is 0.571 bits per heavy atom. The third kappa shape index (κ3) is 20.8. The summed E-state index contributed by atoms with van der Waals surface area (Å²) < 4.78 is 31.3. The fourth-order valence-electron chi connectivity index (χ4n) is 1.17. The number of aliphatic hydroxyl groups is 1. The maximum Gasteiger partial charge on any atom is 0.0857 e. The van der Waals surface area contributed by atoms with Gasteiger partial charge in [0, 0.05) is 21.2 Å². The molecule has 0 atom stereocenters. The van der Waals surface area contributed by atoms with Crippen LogP contribution in [0, 0.1) is 0 Å². The van der Waals surface area contributed by atoms with E-state index in [4.69, 9.17) is 33.0 Å². The average Bonchev–Trinajstić information content (AvgIpc) is 2.50. The van der Waals surface area contributed by atoms with Crippen molar-refractivity contribution in [2.45, 2.75) is 0 Å². The van der Waals surface area contributed by atoms with Crippen molar-refractivity contribution in [3.05, 3.63) is 0 Å². The minimum Gasteiger partial charge on any atom is -0.394 e. The predicted octanol–water partition coefficient (Wildman–Crippen LogP) is 1.08. The van der Waals surface area contributed by atoms with E-state index in [1.165, 1.54) is 9.21 Å². The summed E-state index contributed by atoms with van der Waals surface area (Å²) in [4.78, 5) is 0. The van der Waals surface area contributed by atoms with E-state index in [1.54, 1.807) is 0 Å². The normalized spacial score (nSPS) is 11.1. The van der Waals surface area contributed by atoms with Gasteiger partial charge in [-0.2, -0.15) is 0 Å². The molecule has 0 aliphatic carbocycles. The Labute approximate surface area is 142 Å². The summed E-state index contributed by atoms with van der Waals surface area (Å²) in [6.07, 6.45) is 0. The molecule has 0 saturated heterocycles. The maximum absolute atomic E-state index is 8.48. The van der Waals surface area contributed by atoms with Crippen LogP contribution in [0.15, 0.2) is 0 Å². The van der Waals surface area contributed by atoms with Gasteiger partial charge in [0.15, 0.2) is 0 Å². The van der Waals surface area contributed by atoms with Gasteiger partial charge in [0.25, 0.3) is 0 Å². The van der Waals surface area contributed by atoms with Crippen LogP contribution in [0.4, 0.5) is 0 Å². The van der Waals surface area contributed by atoms with E-state index in [9.17, 15) is 0 Å². The minimum absolute atomic E-state index is 0.0411. The number of ether oxygens (including phenoxy) is 5. The zero-order valence-electron chi connectivity index (χ0n) is 12.2. The molecule has 0 amide bonds. The average molecular weight is 440 g/mol. The van der Waals surface area contributed by atoms with Crippen LogP contribution in [0.1, 0.15) is 0 Å². The quantitative estimate of drug-likeness (QED) is 0.193. The number of hydrogen-bond donors (Lipinski definition) is 1. The Morgan fingerprint density at radius 2 is 0.905 bits per heavy atom. The van der Waals surface area contributed by atoms with Crippen LogP contribution in [-0.4, -0.2) is 84.4 Å². The summed E-state index contributed by atoms with van der Waals surface area (Å²) in [6, 6.07) is 0. The second-order valence-corrected chi connectivity index (χ2v) is 5.11. The van der Waals surface area contributed by atoms with Gasteiger partial charge in [0.1, 0.15) is 0 Å². The molecule has 21 heavy (non-hydrogen) atoms. The molecule has 0 spiro atoms. The van der Waals surface area contributed by atoms with Gasteiger partial charge in [-0.15, -0.1) is 0 Å². The van der Waals surface area contributed by atoms with Crippen LogP contribution in [0.25, 0.3) is 0 Å². The van der Waals surface area contributed by atoms with Gasteiger partial charge in [0.2, 0.25) is 0 Å². The molecule has 0 aromatic carbocycles. The summed E-state index contributed by atoms with van der Waals surface area (Å²) in [5, 5.41) is 8.48. The highest BCUT2D eigenvalue weighted by molar-refractivity contribution is 14.2. The summed E-state index contributed by atoms with van der Waals surface area (Å²) in [6.45, 7) is 5.82. The fraction of sp³-hybridized carbons (Fsp3) is 1.00. The topological polar surface area (TPSA) is 75.6 Å². The minimum atomic E-state index is 0.0411. The van der Waals surface area contributed by atoms with Crippen molar-refractivity contribution < 1.29 is 33.0 Å². The van der Waals surface area contributed by atoms with Crippen molar-refractivity contribution >= 4 is 30.4 Å². The van der Waals surface area contributed by atoms with Gasteiger partial charge >= 0.3 is 0 Å². The lowest BCUT2D eigenvalue weighted by atomic mass is 10.7. The van der Waals surface area contributed by atoms with E-state index in [1.807, 2.05) is 0 Å². The van der Waals surface area contributed by atoms with E-state index >= 15 is 0 Å². The Kier molecular flexibility index (Phi) is 21.6. The molecule has 0 saturated carbocycles. The smallest absolute Gasteiger partial charge is 0.0857 e. The first-order valence-electron chi connectivity index (χ1n) is 6.81. The Balaban J connectivity index is 2.90. The zero-order valence-corrected chi connectivity index (χ0v) is 15.1. The summed E-state index contributed by atoms with van der Waals surface area (Å²) in [5.74, 6) is 0. The number of aliphatic hydroxyl groups excluding tert-OH is 1. The molecule has 0 aromatic heterocycles. The molecule has 0 heterocycles. The Hall–Kier alpha value is 0.800. The second-order valence-electron chi connectivity index (χ2n) is 3.67. The van der Waals surface area contributed by atoms with Crippen LogP contribution >= 0.6 is 30.4 Å². The first kappa shape index (κ1) is 21.8. The molecule has 0 unspecified atom stereocenters. The molecule has 0 aliphatic heterocycles. The molecule has 0 rings (SSSR count). The van der Waals surface area contributed by atoms with Gasteiger partial charge in [-0.05, 0) is 0 Å². The molecule has 0 aromatic rings. The van der Waals surface area contributed by atoms with Crippen molar-refractivity contribution in [1.29, 1.82) is 0 Å². The first-order chi connectivity index (χ1) is 10.4. The predicted molar refractivity (Wildman–Crippen MR) is 88.7 cm³/mol. The fourth-order valence-corrected chi connectivity index (χ4v) is 1.84. The highest BCUT2D eigenvalue weighted by Gasteiger charge is 1.93. The molecule has 1 N–H and O–H groups in total. The highest BCUT2D eigenvalue weighted by Crippen LogP contribution is 2.10. The van der Waals surface area contributed by atoms with Gasteiger partial charge in [-0.25, -0.2) is 0 Å². The van der Waals surface area contributed by atoms with Crippen LogP contribution in [0.5, 0.6) is 0 Å². The SMILES string of the molecule is OCCOCCOCCOCCOCCOCCOSI. The van der Waals surface area contributed by atoms with Crippen LogP contribution in [-0.2, 0) is 27.9 Å². The lowest BCUT2D eigenvalue weighted by molar-refractivity contribution is -0.0143. The van der Waals surface area contributed by atoms with Crippen molar-refractivity contribution in [2.24, 2.45) is 0 Å². The summed E-state index contributed by atoms with van der Waals surface area (Å²) in [7, 11) is 1.30. The Bertz CT molecular complexity index is 173. The van der Waals surface area contributed by atoms with Gasteiger partial charge in [-0.1, -0.05) is 0 Å². The molecule has 128 valence electrons. The first-order valence-corrected chi connectivity index (χ1v) is 10.1. The van der Waals surface area contributed by atoms with E-state index in [-0.39, 0.29) is 6.61 Å². The molecular formula is C12H25IO7S. The van der Waals surface area contributed by atoms with Crippen LogP contribution < -0.4 is 0 Å². The monoisotopic (exact) mass is 440 g/mol. The van der Waals surface area contributed by atoms with E-state index < -0.39 is 0 Å². The number of halogens is 1. The molecule has 0 aliphatic rings. The number of rotatable bonds is 18.